The molecule has 1 fully saturated rings. The highest BCUT2D eigenvalue weighted by Gasteiger charge is 2.28. The van der Waals surface area contributed by atoms with E-state index >= 15 is 0 Å². The van der Waals surface area contributed by atoms with Crippen LogP contribution >= 0.6 is 12.4 Å². The van der Waals surface area contributed by atoms with E-state index in [1.807, 2.05) is 6.92 Å². The first kappa shape index (κ1) is 18.4. The van der Waals surface area contributed by atoms with Gasteiger partial charge >= 0.3 is 5.97 Å². The Labute approximate surface area is 136 Å². The molecule has 1 saturated heterocycles. The third kappa shape index (κ3) is 4.19. The number of ether oxygens (including phenoxy) is 2. The van der Waals surface area contributed by atoms with Crippen molar-refractivity contribution in [2.45, 2.75) is 26.0 Å². The number of hydrogen-bond donors (Lipinski definition) is 2. The van der Waals surface area contributed by atoms with Crippen LogP contribution in [0, 0.1) is 6.92 Å². The molecule has 0 aliphatic carbocycles. The molecule has 1 aliphatic rings. The Morgan fingerprint density at radius 3 is 2.73 bits per heavy atom. The molecule has 1 heterocycles. The van der Waals surface area contributed by atoms with Crippen LogP contribution in [-0.4, -0.2) is 44.3 Å². The summed E-state index contributed by atoms with van der Waals surface area (Å²) in [5, 5.41) is 5.96. The number of rotatable bonds is 3. The summed E-state index contributed by atoms with van der Waals surface area (Å²) < 4.78 is 10.1. The van der Waals surface area contributed by atoms with Gasteiger partial charge in [-0.2, -0.15) is 0 Å². The van der Waals surface area contributed by atoms with Crippen LogP contribution in [0.3, 0.4) is 0 Å². The van der Waals surface area contributed by atoms with Crippen LogP contribution in [0.1, 0.15) is 22.8 Å². The highest BCUT2D eigenvalue weighted by Crippen LogP contribution is 2.17. The Bertz CT molecular complexity index is 550. The van der Waals surface area contributed by atoms with Crippen LogP contribution < -0.4 is 10.6 Å². The van der Waals surface area contributed by atoms with Gasteiger partial charge in [0.2, 0.25) is 5.91 Å². The number of benzene rings is 1. The van der Waals surface area contributed by atoms with Crippen LogP contribution in [0.25, 0.3) is 0 Å². The Hall–Kier alpha value is -1.63. The second-order valence-electron chi connectivity index (χ2n) is 5.02. The lowest BCUT2D eigenvalue weighted by Gasteiger charge is -2.29. The fourth-order valence-corrected chi connectivity index (χ4v) is 2.33. The summed E-state index contributed by atoms with van der Waals surface area (Å²) >= 11 is 0. The first-order valence-corrected chi connectivity index (χ1v) is 6.87. The predicted octanol–water partition coefficient (Wildman–Crippen LogP) is 1.52. The minimum absolute atomic E-state index is 0. The van der Waals surface area contributed by atoms with Gasteiger partial charge in [0.15, 0.2) is 0 Å². The van der Waals surface area contributed by atoms with E-state index in [1.165, 1.54) is 7.11 Å². The number of nitrogens with one attached hydrogen (secondary N) is 2. The SMILES string of the molecule is COC(=O)c1ccc(NC(=O)[C@H]2NCCO[C@@H]2C)cc1C.Cl. The molecule has 1 amide bonds. The van der Waals surface area contributed by atoms with Crippen molar-refractivity contribution >= 4 is 30.0 Å². The Morgan fingerprint density at radius 1 is 1.41 bits per heavy atom. The number of carbonyl (C=O) groups is 2. The van der Waals surface area contributed by atoms with E-state index in [1.54, 1.807) is 25.1 Å². The summed E-state index contributed by atoms with van der Waals surface area (Å²) in [5.74, 6) is -0.534. The van der Waals surface area contributed by atoms with Gasteiger partial charge in [-0.3, -0.25) is 4.79 Å². The Balaban J connectivity index is 0.00000242. The molecule has 1 aliphatic heterocycles. The predicted molar refractivity (Wildman–Crippen MR) is 85.6 cm³/mol. The molecule has 22 heavy (non-hydrogen) atoms. The van der Waals surface area contributed by atoms with Gasteiger partial charge in [-0.1, -0.05) is 0 Å². The number of esters is 1. The van der Waals surface area contributed by atoms with Crippen molar-refractivity contribution < 1.29 is 19.1 Å². The molecule has 2 N–H and O–H groups in total. The van der Waals surface area contributed by atoms with Gasteiger partial charge in [0, 0.05) is 12.2 Å². The second kappa shape index (κ2) is 8.12. The quantitative estimate of drug-likeness (QED) is 0.823. The molecule has 0 aromatic heterocycles. The average molecular weight is 329 g/mol. The lowest BCUT2D eigenvalue weighted by atomic mass is 10.1. The van der Waals surface area contributed by atoms with E-state index in [-0.39, 0.29) is 36.4 Å². The molecule has 1 aromatic rings. The van der Waals surface area contributed by atoms with Gasteiger partial charge in [0.1, 0.15) is 6.04 Å². The van der Waals surface area contributed by atoms with Crippen molar-refractivity contribution in [3.05, 3.63) is 29.3 Å². The number of anilines is 1. The molecular weight excluding hydrogens is 308 g/mol. The fourth-order valence-electron chi connectivity index (χ4n) is 2.33. The summed E-state index contributed by atoms with van der Waals surface area (Å²) in [4.78, 5) is 23.7. The molecule has 6 nitrogen and oxygen atoms in total. The Morgan fingerprint density at radius 2 is 2.14 bits per heavy atom. The lowest BCUT2D eigenvalue weighted by molar-refractivity contribution is -0.123. The monoisotopic (exact) mass is 328 g/mol. The van der Waals surface area contributed by atoms with Crippen LogP contribution in [0.4, 0.5) is 5.69 Å². The number of hydrogen-bond acceptors (Lipinski definition) is 5. The highest BCUT2D eigenvalue weighted by molar-refractivity contribution is 5.96. The molecule has 0 unspecified atom stereocenters. The topological polar surface area (TPSA) is 76.7 Å². The van der Waals surface area contributed by atoms with Crippen molar-refractivity contribution in [3.63, 3.8) is 0 Å². The zero-order valence-corrected chi connectivity index (χ0v) is 13.7. The fraction of sp³-hybridized carbons (Fsp3) is 0.467. The first-order valence-electron chi connectivity index (χ1n) is 6.87. The number of aryl methyl sites for hydroxylation is 1. The van der Waals surface area contributed by atoms with Crippen LogP contribution in [0.15, 0.2) is 18.2 Å². The van der Waals surface area contributed by atoms with Gasteiger partial charge in [-0.05, 0) is 37.6 Å². The van der Waals surface area contributed by atoms with Crippen molar-refractivity contribution in [2.75, 3.05) is 25.6 Å². The average Bonchev–Trinajstić information content (AvgIpc) is 2.47. The maximum absolute atomic E-state index is 12.2. The number of carbonyl (C=O) groups excluding carboxylic acids is 2. The third-order valence-corrected chi connectivity index (χ3v) is 3.50. The molecule has 2 rings (SSSR count). The van der Waals surface area contributed by atoms with Gasteiger partial charge < -0.3 is 20.1 Å². The smallest absolute Gasteiger partial charge is 0.338 e. The number of methoxy groups -OCH3 is 1. The minimum Gasteiger partial charge on any atom is -0.465 e. The third-order valence-electron chi connectivity index (χ3n) is 3.50. The van der Waals surface area contributed by atoms with Gasteiger partial charge in [-0.25, -0.2) is 4.79 Å². The molecular formula is C15H21ClN2O4. The van der Waals surface area contributed by atoms with E-state index < -0.39 is 0 Å². The van der Waals surface area contributed by atoms with Crippen molar-refractivity contribution in [3.8, 4) is 0 Å². The maximum Gasteiger partial charge on any atom is 0.338 e. The van der Waals surface area contributed by atoms with Crippen LogP contribution in [0.2, 0.25) is 0 Å². The maximum atomic E-state index is 12.2. The minimum atomic E-state index is -0.388. The highest BCUT2D eigenvalue weighted by atomic mass is 35.5. The summed E-state index contributed by atoms with van der Waals surface area (Å²) in [6.45, 7) is 4.93. The second-order valence-corrected chi connectivity index (χ2v) is 5.02. The van der Waals surface area contributed by atoms with E-state index in [0.717, 1.165) is 5.56 Å². The molecule has 0 radical (unpaired) electrons. The van der Waals surface area contributed by atoms with Crippen LogP contribution in [0.5, 0.6) is 0 Å². The van der Waals surface area contributed by atoms with E-state index in [2.05, 4.69) is 10.6 Å². The zero-order valence-electron chi connectivity index (χ0n) is 12.8. The Kier molecular flexibility index (Phi) is 6.80. The lowest BCUT2D eigenvalue weighted by Crippen LogP contribution is -2.53. The van der Waals surface area contributed by atoms with E-state index in [4.69, 9.17) is 9.47 Å². The molecule has 0 bridgehead atoms. The number of amides is 1. The molecule has 2 atom stereocenters. The van der Waals surface area contributed by atoms with Crippen molar-refractivity contribution in [1.29, 1.82) is 0 Å². The van der Waals surface area contributed by atoms with E-state index in [9.17, 15) is 9.59 Å². The first-order chi connectivity index (χ1) is 10.0. The molecule has 7 heteroatoms. The largest absolute Gasteiger partial charge is 0.465 e. The summed E-state index contributed by atoms with van der Waals surface area (Å²) in [7, 11) is 1.34. The molecule has 122 valence electrons. The van der Waals surface area contributed by atoms with Gasteiger partial charge in [-0.15, -0.1) is 12.4 Å². The van der Waals surface area contributed by atoms with Crippen LogP contribution in [-0.2, 0) is 14.3 Å². The van der Waals surface area contributed by atoms with Crippen molar-refractivity contribution in [1.82, 2.24) is 5.32 Å². The summed E-state index contributed by atoms with van der Waals surface area (Å²) in [6.07, 6.45) is -0.172. The normalized spacial score (nSPS) is 20.7. The number of halogens is 1. The summed E-state index contributed by atoms with van der Waals surface area (Å²) in [6, 6.07) is 4.70. The standard InChI is InChI=1S/C15H20N2O4.ClH/c1-9-8-11(4-5-12(9)15(19)20-3)17-14(18)13-10(2)21-7-6-16-13;/h4-5,8,10,13,16H,6-7H2,1-3H3,(H,17,18);1H/t10-,13+;/m1./s1. The zero-order chi connectivity index (χ0) is 15.4. The number of morpholine rings is 1. The van der Waals surface area contributed by atoms with Gasteiger partial charge in [0.25, 0.3) is 0 Å². The molecule has 0 spiro atoms. The van der Waals surface area contributed by atoms with Gasteiger partial charge in [0.05, 0.1) is 25.4 Å². The molecule has 0 saturated carbocycles. The molecule has 1 aromatic carbocycles. The summed E-state index contributed by atoms with van der Waals surface area (Å²) in [5.41, 5.74) is 1.88. The van der Waals surface area contributed by atoms with Crippen molar-refractivity contribution in [2.24, 2.45) is 0 Å². The van der Waals surface area contributed by atoms with E-state index in [0.29, 0.717) is 24.4 Å².